The molecular weight excluding hydrogens is 186 g/mol. The lowest BCUT2D eigenvalue weighted by Crippen LogP contribution is -2.21. The molecule has 1 aromatic heterocycles. The van der Waals surface area contributed by atoms with E-state index >= 15 is 0 Å². The third-order valence-electron chi connectivity index (χ3n) is 2.86. The van der Waals surface area contributed by atoms with Crippen LogP contribution in [0.4, 0.5) is 0 Å². The maximum atomic E-state index is 11.5. The van der Waals surface area contributed by atoms with Crippen molar-refractivity contribution in [3.63, 3.8) is 0 Å². The second-order valence-electron chi connectivity index (χ2n) is 4.43. The van der Waals surface area contributed by atoms with Gasteiger partial charge in [-0.05, 0) is 37.8 Å². The van der Waals surface area contributed by atoms with Gasteiger partial charge in [0.05, 0.1) is 0 Å². The number of Topliss-reactive ketones (excluding diaryl/α,β-unsaturated/α-hetero) is 1. The summed E-state index contributed by atoms with van der Waals surface area (Å²) in [6.45, 7) is 7.89. The van der Waals surface area contributed by atoms with Gasteiger partial charge >= 0.3 is 0 Å². The van der Waals surface area contributed by atoms with E-state index in [2.05, 4.69) is 18.8 Å². The van der Waals surface area contributed by atoms with Gasteiger partial charge in [0.15, 0.2) is 0 Å². The Labute approximate surface area is 91.7 Å². The van der Waals surface area contributed by atoms with Crippen molar-refractivity contribution in [2.45, 2.75) is 34.1 Å². The van der Waals surface area contributed by atoms with Crippen LogP contribution >= 0.6 is 0 Å². The summed E-state index contributed by atoms with van der Waals surface area (Å²) < 4.78 is 0. The Morgan fingerprint density at radius 2 is 2.13 bits per heavy atom. The summed E-state index contributed by atoms with van der Waals surface area (Å²) in [5.41, 5.74) is 2.22. The molecule has 0 bridgehead atoms. The average molecular weight is 205 g/mol. The first kappa shape index (κ1) is 11.9. The van der Waals surface area contributed by atoms with E-state index in [1.807, 2.05) is 19.1 Å². The molecule has 15 heavy (non-hydrogen) atoms. The monoisotopic (exact) mass is 205 g/mol. The summed E-state index contributed by atoms with van der Waals surface area (Å²) in [5, 5.41) is 0. The van der Waals surface area contributed by atoms with Crippen LogP contribution < -0.4 is 0 Å². The molecule has 0 amide bonds. The minimum absolute atomic E-state index is 0.0959. The Morgan fingerprint density at radius 3 is 2.60 bits per heavy atom. The predicted molar refractivity (Wildman–Crippen MR) is 61.7 cm³/mol. The summed E-state index contributed by atoms with van der Waals surface area (Å²) in [5.74, 6) is 0.734. The number of pyridine rings is 1. The number of ketones is 1. The zero-order valence-corrected chi connectivity index (χ0v) is 9.95. The van der Waals surface area contributed by atoms with Gasteiger partial charge in [-0.1, -0.05) is 19.9 Å². The van der Waals surface area contributed by atoms with Crippen LogP contribution in [0.2, 0.25) is 0 Å². The van der Waals surface area contributed by atoms with Crippen LogP contribution in [0.1, 0.15) is 32.0 Å². The molecule has 1 aromatic rings. The van der Waals surface area contributed by atoms with Crippen LogP contribution in [0, 0.1) is 18.8 Å². The smallest absolute Gasteiger partial charge is 0.133 e. The summed E-state index contributed by atoms with van der Waals surface area (Å²) >= 11 is 0. The molecule has 2 nitrogen and oxygen atoms in total. The van der Waals surface area contributed by atoms with Crippen LogP contribution in [0.15, 0.2) is 18.3 Å². The molecule has 0 saturated heterocycles. The lowest BCUT2D eigenvalue weighted by atomic mass is 9.87. The molecule has 0 aromatic carbocycles. The highest BCUT2D eigenvalue weighted by Gasteiger charge is 2.19. The number of rotatable bonds is 4. The number of nitrogens with zero attached hydrogens (tertiary/aromatic N) is 1. The van der Waals surface area contributed by atoms with Crippen molar-refractivity contribution in [1.82, 2.24) is 4.98 Å². The number of hydrogen-bond acceptors (Lipinski definition) is 2. The highest BCUT2D eigenvalue weighted by molar-refractivity contribution is 5.78. The van der Waals surface area contributed by atoms with Crippen molar-refractivity contribution in [3.8, 4) is 0 Å². The van der Waals surface area contributed by atoms with Gasteiger partial charge in [-0.3, -0.25) is 9.78 Å². The largest absolute Gasteiger partial charge is 0.300 e. The van der Waals surface area contributed by atoms with E-state index in [1.54, 1.807) is 13.1 Å². The Balaban J connectivity index is 2.84. The van der Waals surface area contributed by atoms with E-state index in [9.17, 15) is 4.79 Å². The average Bonchev–Trinajstić information content (AvgIpc) is 2.15. The molecule has 82 valence electrons. The van der Waals surface area contributed by atoms with Gasteiger partial charge in [-0.2, -0.15) is 0 Å². The Hall–Kier alpha value is -1.18. The molecular formula is C13H19NO. The zero-order valence-electron chi connectivity index (χ0n) is 9.95. The number of aryl methyl sites for hydroxylation is 1. The molecule has 1 heterocycles. The SMILES string of the molecule is CC(=O)C(Cc1ncccc1C)C(C)C. The van der Waals surface area contributed by atoms with Crippen LogP contribution in [-0.2, 0) is 11.2 Å². The van der Waals surface area contributed by atoms with E-state index in [-0.39, 0.29) is 11.7 Å². The lowest BCUT2D eigenvalue weighted by Gasteiger charge is -2.18. The topological polar surface area (TPSA) is 30.0 Å². The van der Waals surface area contributed by atoms with Gasteiger partial charge in [-0.15, -0.1) is 0 Å². The first-order valence-corrected chi connectivity index (χ1v) is 5.43. The van der Waals surface area contributed by atoms with Crippen molar-refractivity contribution >= 4 is 5.78 Å². The fourth-order valence-electron chi connectivity index (χ4n) is 1.79. The third-order valence-corrected chi connectivity index (χ3v) is 2.86. The van der Waals surface area contributed by atoms with Gasteiger partial charge in [0.2, 0.25) is 0 Å². The summed E-state index contributed by atoms with van der Waals surface area (Å²) in [4.78, 5) is 15.8. The first-order valence-electron chi connectivity index (χ1n) is 5.43. The summed E-state index contributed by atoms with van der Waals surface area (Å²) in [6, 6.07) is 3.97. The van der Waals surface area contributed by atoms with Crippen molar-refractivity contribution in [1.29, 1.82) is 0 Å². The van der Waals surface area contributed by atoms with Crippen molar-refractivity contribution in [2.75, 3.05) is 0 Å². The Morgan fingerprint density at radius 1 is 1.47 bits per heavy atom. The zero-order chi connectivity index (χ0) is 11.4. The molecule has 0 spiro atoms. The Bertz CT molecular complexity index is 344. The molecule has 0 N–H and O–H groups in total. The summed E-state index contributed by atoms with van der Waals surface area (Å²) in [6.07, 6.45) is 2.56. The van der Waals surface area contributed by atoms with E-state index in [0.717, 1.165) is 12.1 Å². The highest BCUT2D eigenvalue weighted by Crippen LogP contribution is 2.18. The minimum Gasteiger partial charge on any atom is -0.300 e. The molecule has 1 unspecified atom stereocenters. The minimum atomic E-state index is 0.0959. The molecule has 0 fully saturated rings. The first-order chi connectivity index (χ1) is 7.02. The second-order valence-corrected chi connectivity index (χ2v) is 4.43. The van der Waals surface area contributed by atoms with Gasteiger partial charge < -0.3 is 0 Å². The van der Waals surface area contributed by atoms with Crippen LogP contribution in [0.3, 0.4) is 0 Å². The van der Waals surface area contributed by atoms with Crippen LogP contribution in [-0.4, -0.2) is 10.8 Å². The molecule has 0 saturated carbocycles. The number of aromatic nitrogens is 1. The quantitative estimate of drug-likeness (QED) is 0.756. The third kappa shape index (κ3) is 3.15. The van der Waals surface area contributed by atoms with Crippen LogP contribution in [0.5, 0.6) is 0 Å². The molecule has 0 radical (unpaired) electrons. The van der Waals surface area contributed by atoms with Gasteiger partial charge in [0.25, 0.3) is 0 Å². The van der Waals surface area contributed by atoms with E-state index in [1.165, 1.54) is 5.56 Å². The Kier molecular flexibility index (Phi) is 4.01. The number of carbonyl (C=O) groups is 1. The highest BCUT2D eigenvalue weighted by atomic mass is 16.1. The second kappa shape index (κ2) is 5.06. The van der Waals surface area contributed by atoms with Gasteiger partial charge in [0.1, 0.15) is 5.78 Å². The molecule has 2 heteroatoms. The van der Waals surface area contributed by atoms with E-state index < -0.39 is 0 Å². The van der Waals surface area contributed by atoms with Gasteiger partial charge in [-0.25, -0.2) is 0 Å². The van der Waals surface area contributed by atoms with Gasteiger partial charge in [0, 0.05) is 17.8 Å². The van der Waals surface area contributed by atoms with Crippen molar-refractivity contribution in [3.05, 3.63) is 29.6 Å². The number of hydrogen-bond donors (Lipinski definition) is 0. The molecule has 1 atom stereocenters. The summed E-state index contributed by atoms with van der Waals surface area (Å²) in [7, 11) is 0. The van der Waals surface area contributed by atoms with E-state index in [4.69, 9.17) is 0 Å². The number of carbonyl (C=O) groups excluding carboxylic acids is 1. The molecule has 0 aliphatic carbocycles. The normalized spacial score (nSPS) is 12.9. The van der Waals surface area contributed by atoms with E-state index in [0.29, 0.717) is 5.92 Å². The molecule has 0 aliphatic heterocycles. The molecule has 1 rings (SSSR count). The van der Waals surface area contributed by atoms with Crippen molar-refractivity contribution in [2.24, 2.45) is 11.8 Å². The fraction of sp³-hybridized carbons (Fsp3) is 0.538. The molecule has 0 aliphatic rings. The maximum absolute atomic E-state index is 11.5. The standard InChI is InChI=1S/C13H19NO/c1-9(2)12(11(4)15)8-13-10(3)6-5-7-14-13/h5-7,9,12H,8H2,1-4H3. The maximum Gasteiger partial charge on any atom is 0.133 e. The van der Waals surface area contributed by atoms with Crippen molar-refractivity contribution < 1.29 is 4.79 Å². The lowest BCUT2D eigenvalue weighted by molar-refractivity contribution is -0.121. The predicted octanol–water partition coefficient (Wildman–Crippen LogP) is 2.79. The van der Waals surface area contributed by atoms with Crippen LogP contribution in [0.25, 0.3) is 0 Å². The fourth-order valence-corrected chi connectivity index (χ4v) is 1.79.